The van der Waals surface area contributed by atoms with Crippen LogP contribution in [0.5, 0.6) is 0 Å². The maximum absolute atomic E-state index is 13.9. The van der Waals surface area contributed by atoms with Crippen LogP contribution in [0.2, 0.25) is 5.02 Å². The van der Waals surface area contributed by atoms with Gasteiger partial charge in [-0.3, -0.25) is 9.78 Å². The molecule has 2 unspecified atom stereocenters. The molecular weight excluding hydrogens is 431 g/mol. The third kappa shape index (κ3) is 5.71. The van der Waals surface area contributed by atoms with Crippen LogP contribution < -0.4 is 0 Å². The normalized spacial score (nSPS) is 16.3. The summed E-state index contributed by atoms with van der Waals surface area (Å²) in [5.74, 6) is -0.283. The highest BCUT2D eigenvalue weighted by atomic mass is 35.5. The Morgan fingerprint density at radius 1 is 1.25 bits per heavy atom. The molecule has 0 radical (unpaired) electrons. The highest BCUT2D eigenvalue weighted by molar-refractivity contribution is 6.31. The minimum Gasteiger partial charge on any atom is -0.392 e. The van der Waals surface area contributed by atoms with Crippen LogP contribution in [-0.4, -0.2) is 39.6 Å². The number of aryl methyl sites for hydroxylation is 1. The summed E-state index contributed by atoms with van der Waals surface area (Å²) in [4.78, 5) is 16.5. The average molecular weight is 457 g/mol. The number of hydrogen-bond acceptors (Lipinski definition) is 4. The van der Waals surface area contributed by atoms with Crippen LogP contribution in [0, 0.1) is 12.7 Å². The number of carbonyl (C=O) groups is 1. The predicted octanol–water partition coefficient (Wildman–Crippen LogP) is 4.39. The molecule has 3 aromatic rings. The largest absolute Gasteiger partial charge is 0.392 e. The molecule has 2 aromatic carbocycles. The average Bonchev–Trinajstić information content (AvgIpc) is 3.30. The molecule has 1 amide bonds. The van der Waals surface area contributed by atoms with Gasteiger partial charge in [-0.15, -0.1) is 0 Å². The van der Waals surface area contributed by atoms with Gasteiger partial charge in [-0.25, -0.2) is 4.39 Å². The van der Waals surface area contributed by atoms with E-state index in [1.165, 1.54) is 6.07 Å². The number of aromatic nitrogens is 1. The van der Waals surface area contributed by atoms with Crippen molar-refractivity contribution in [3.63, 3.8) is 0 Å². The summed E-state index contributed by atoms with van der Waals surface area (Å²) in [6, 6.07) is 15.1. The van der Waals surface area contributed by atoms with E-state index >= 15 is 0 Å². The first-order valence-electron chi connectivity index (χ1n) is 10.4. The smallest absolute Gasteiger partial charge is 0.209 e. The molecule has 32 heavy (non-hydrogen) atoms. The zero-order valence-electron chi connectivity index (χ0n) is 17.8. The summed E-state index contributed by atoms with van der Waals surface area (Å²) in [5, 5.41) is 20.9. The number of pyridine rings is 1. The number of hydrogen-bond donors (Lipinski definition) is 2. The van der Waals surface area contributed by atoms with E-state index < -0.39 is 11.9 Å². The van der Waals surface area contributed by atoms with Crippen molar-refractivity contribution in [1.29, 1.82) is 0 Å². The number of nitrogens with zero attached hydrogens (tertiary/aromatic N) is 2. The second-order valence-electron chi connectivity index (χ2n) is 7.70. The Bertz CT molecular complexity index is 1040. The van der Waals surface area contributed by atoms with Crippen LogP contribution in [0.25, 0.3) is 0 Å². The quantitative estimate of drug-likeness (QED) is 0.558. The molecule has 1 fully saturated rings. The number of aliphatic hydroxyl groups excluding tert-OH is 2. The third-order valence-electron chi connectivity index (χ3n) is 5.60. The molecule has 1 saturated heterocycles. The second kappa shape index (κ2) is 11.2. The van der Waals surface area contributed by atoms with E-state index in [4.69, 9.17) is 11.6 Å². The molecule has 1 aliphatic heterocycles. The van der Waals surface area contributed by atoms with Crippen LogP contribution in [0.15, 0.2) is 60.8 Å². The molecule has 1 aromatic heterocycles. The molecule has 4 rings (SSSR count). The maximum atomic E-state index is 13.9. The minimum atomic E-state index is -1.08. The van der Waals surface area contributed by atoms with Crippen molar-refractivity contribution in [2.75, 3.05) is 13.1 Å². The number of carbonyl (C=O) groups excluding carboxylic acids is 1. The Hall–Kier alpha value is -2.80. The van der Waals surface area contributed by atoms with Gasteiger partial charge >= 0.3 is 0 Å². The van der Waals surface area contributed by atoms with Crippen LogP contribution in [-0.2, 0) is 11.4 Å². The summed E-state index contributed by atoms with van der Waals surface area (Å²) >= 11 is 5.65. The zero-order chi connectivity index (χ0) is 23.1. The molecule has 168 valence electrons. The Kier molecular flexibility index (Phi) is 8.33. The first-order chi connectivity index (χ1) is 15.4. The standard InChI is InChI=1S/C19H20FNO3.C6H6ClN/c20-18-4-2-1-3-17(18)19(24)13-5-6-16(15(9-13)11-22)14-7-8-21(10-14)12-23;1-5-6(7)3-2-4-8-5/h1-6,9,12,14,19,22,24H,7-8,10-11H2;2-4H,1H3. The fourth-order valence-corrected chi connectivity index (χ4v) is 3.93. The van der Waals surface area contributed by atoms with Gasteiger partial charge in [0.25, 0.3) is 0 Å². The predicted molar refractivity (Wildman–Crippen MR) is 122 cm³/mol. The molecule has 2 atom stereocenters. The molecule has 0 aliphatic carbocycles. The monoisotopic (exact) mass is 456 g/mol. The number of aliphatic hydroxyl groups is 2. The van der Waals surface area contributed by atoms with Crippen molar-refractivity contribution >= 4 is 18.0 Å². The highest BCUT2D eigenvalue weighted by Crippen LogP contribution is 2.32. The topological polar surface area (TPSA) is 73.7 Å². The van der Waals surface area contributed by atoms with Crippen molar-refractivity contribution in [3.8, 4) is 0 Å². The lowest BCUT2D eigenvalue weighted by molar-refractivity contribution is -0.117. The van der Waals surface area contributed by atoms with Crippen molar-refractivity contribution in [2.45, 2.75) is 32.0 Å². The Morgan fingerprint density at radius 2 is 2.03 bits per heavy atom. The molecule has 0 bridgehead atoms. The van der Waals surface area contributed by atoms with E-state index in [0.29, 0.717) is 24.2 Å². The number of halogens is 2. The van der Waals surface area contributed by atoms with Crippen molar-refractivity contribution in [1.82, 2.24) is 9.88 Å². The van der Waals surface area contributed by atoms with Gasteiger partial charge in [-0.2, -0.15) is 0 Å². The molecule has 7 heteroatoms. The molecule has 2 heterocycles. The SMILES string of the molecule is Cc1ncccc1Cl.O=CN1CCC(c2ccc(C(O)c3ccccc3F)cc2CO)C1. The Balaban J connectivity index is 0.000000305. The van der Waals surface area contributed by atoms with Crippen LogP contribution in [0.4, 0.5) is 4.39 Å². The Morgan fingerprint density at radius 3 is 2.62 bits per heavy atom. The molecule has 0 saturated carbocycles. The first-order valence-corrected chi connectivity index (χ1v) is 10.7. The third-order valence-corrected chi connectivity index (χ3v) is 6.00. The van der Waals surface area contributed by atoms with Crippen molar-refractivity contribution in [2.24, 2.45) is 0 Å². The van der Waals surface area contributed by atoms with E-state index in [-0.39, 0.29) is 18.1 Å². The van der Waals surface area contributed by atoms with Crippen LogP contribution in [0.1, 0.15) is 46.4 Å². The van der Waals surface area contributed by atoms with Gasteiger partial charge in [-0.05, 0) is 48.2 Å². The van der Waals surface area contributed by atoms with Crippen molar-refractivity contribution in [3.05, 3.63) is 99.6 Å². The van der Waals surface area contributed by atoms with Gasteiger partial charge in [0.2, 0.25) is 6.41 Å². The Labute approximate surface area is 192 Å². The maximum Gasteiger partial charge on any atom is 0.209 e. The number of amides is 1. The van der Waals surface area contributed by atoms with E-state index in [1.807, 2.05) is 25.1 Å². The van der Waals surface area contributed by atoms with Crippen molar-refractivity contribution < 1.29 is 19.4 Å². The van der Waals surface area contributed by atoms with Crippen LogP contribution in [0.3, 0.4) is 0 Å². The van der Waals surface area contributed by atoms with E-state index in [0.717, 1.165) is 29.1 Å². The van der Waals surface area contributed by atoms with Crippen LogP contribution >= 0.6 is 11.6 Å². The summed E-state index contributed by atoms with van der Waals surface area (Å²) in [7, 11) is 0. The molecule has 5 nitrogen and oxygen atoms in total. The lowest BCUT2D eigenvalue weighted by Gasteiger charge is -2.18. The lowest BCUT2D eigenvalue weighted by atomic mass is 9.90. The summed E-state index contributed by atoms with van der Waals surface area (Å²) < 4.78 is 13.9. The fraction of sp³-hybridized carbons (Fsp3) is 0.280. The molecular formula is C25H26ClFN2O3. The first kappa shape index (κ1) is 23.9. The summed E-state index contributed by atoms with van der Waals surface area (Å²) in [6.07, 6.45) is 2.33. The van der Waals surface area contributed by atoms with Gasteiger partial charge in [-0.1, -0.05) is 48.0 Å². The number of likely N-dealkylation sites (tertiary alicyclic amines) is 1. The lowest BCUT2D eigenvalue weighted by Crippen LogP contribution is -2.18. The van der Waals surface area contributed by atoms with E-state index in [2.05, 4.69) is 4.98 Å². The summed E-state index contributed by atoms with van der Waals surface area (Å²) in [6.45, 7) is 3.05. The summed E-state index contributed by atoms with van der Waals surface area (Å²) in [5.41, 5.74) is 3.32. The molecule has 1 aliphatic rings. The second-order valence-corrected chi connectivity index (χ2v) is 8.10. The van der Waals surface area contributed by atoms with Gasteiger partial charge in [0.1, 0.15) is 11.9 Å². The highest BCUT2D eigenvalue weighted by Gasteiger charge is 2.25. The van der Waals surface area contributed by atoms with E-state index in [9.17, 15) is 19.4 Å². The van der Waals surface area contributed by atoms with Gasteiger partial charge in [0, 0.05) is 30.8 Å². The van der Waals surface area contributed by atoms with Gasteiger partial charge in [0.15, 0.2) is 0 Å². The fourth-order valence-electron chi connectivity index (χ4n) is 3.81. The number of benzene rings is 2. The van der Waals surface area contributed by atoms with E-state index in [1.54, 1.807) is 41.4 Å². The minimum absolute atomic E-state index is 0.162. The molecule has 0 spiro atoms. The van der Waals surface area contributed by atoms with Gasteiger partial charge < -0.3 is 15.1 Å². The number of rotatable bonds is 5. The van der Waals surface area contributed by atoms with Gasteiger partial charge in [0.05, 0.1) is 17.3 Å². The zero-order valence-corrected chi connectivity index (χ0v) is 18.5. The molecule has 2 N–H and O–H groups in total.